The number of carbonyl (C=O) groups excluding carboxylic acids is 1. The highest BCUT2D eigenvalue weighted by Gasteiger charge is 2.15. The smallest absolute Gasteiger partial charge is 0.319 e. The maximum absolute atomic E-state index is 13.7. The van der Waals surface area contributed by atoms with Crippen molar-refractivity contribution in [2.45, 2.75) is 32.8 Å². The summed E-state index contributed by atoms with van der Waals surface area (Å²) in [5.74, 6) is -3.31. The predicted molar refractivity (Wildman–Crippen MR) is 76.0 cm³/mol. The van der Waals surface area contributed by atoms with E-state index in [1.165, 1.54) is 0 Å². The summed E-state index contributed by atoms with van der Waals surface area (Å²) in [5, 5.41) is 13.1. The van der Waals surface area contributed by atoms with Gasteiger partial charge in [0.2, 0.25) is 0 Å². The molecule has 0 fully saturated rings. The molecule has 0 spiro atoms. The van der Waals surface area contributed by atoms with Gasteiger partial charge in [0.25, 0.3) is 0 Å². The SMILES string of the molecule is CC(C)Oc1c(F)cc(NC(=O)NCCCC(=O)O)cc1F. The van der Waals surface area contributed by atoms with E-state index in [2.05, 4.69) is 10.6 Å². The molecule has 0 saturated heterocycles. The molecule has 1 rings (SSSR count). The van der Waals surface area contributed by atoms with Gasteiger partial charge in [-0.15, -0.1) is 0 Å². The number of carboxylic acid groups (broad SMARTS) is 1. The number of carboxylic acids is 1. The van der Waals surface area contributed by atoms with Crippen LogP contribution < -0.4 is 15.4 Å². The second-order valence-corrected chi connectivity index (χ2v) is 4.81. The molecule has 0 aromatic heterocycles. The molecule has 0 aliphatic carbocycles. The lowest BCUT2D eigenvalue weighted by Gasteiger charge is -2.13. The minimum absolute atomic E-state index is 0.0677. The quantitative estimate of drug-likeness (QED) is 0.675. The lowest BCUT2D eigenvalue weighted by Crippen LogP contribution is -2.29. The van der Waals surface area contributed by atoms with Crippen LogP contribution in [0.1, 0.15) is 26.7 Å². The largest absolute Gasteiger partial charge is 0.485 e. The number of rotatable bonds is 7. The minimum Gasteiger partial charge on any atom is -0.485 e. The van der Waals surface area contributed by atoms with Gasteiger partial charge in [-0.2, -0.15) is 0 Å². The van der Waals surface area contributed by atoms with E-state index in [0.29, 0.717) is 0 Å². The first-order chi connectivity index (χ1) is 10.3. The molecule has 122 valence electrons. The van der Waals surface area contributed by atoms with Crippen molar-refractivity contribution in [2.75, 3.05) is 11.9 Å². The molecule has 0 saturated carbocycles. The van der Waals surface area contributed by atoms with Crippen LogP contribution in [0.25, 0.3) is 0 Å². The number of hydrogen-bond acceptors (Lipinski definition) is 3. The molecular formula is C14H18F2N2O4. The molecule has 2 amide bonds. The van der Waals surface area contributed by atoms with Crippen LogP contribution in [0.5, 0.6) is 5.75 Å². The van der Waals surface area contributed by atoms with Gasteiger partial charge in [-0.05, 0) is 20.3 Å². The molecule has 0 unspecified atom stereocenters. The van der Waals surface area contributed by atoms with E-state index in [0.717, 1.165) is 12.1 Å². The van der Waals surface area contributed by atoms with Crippen LogP contribution >= 0.6 is 0 Å². The topological polar surface area (TPSA) is 87.7 Å². The van der Waals surface area contributed by atoms with Gasteiger partial charge in [0, 0.05) is 30.8 Å². The lowest BCUT2D eigenvalue weighted by atomic mass is 10.2. The minimum atomic E-state index is -0.966. The summed E-state index contributed by atoms with van der Waals surface area (Å²) in [4.78, 5) is 21.8. The summed E-state index contributed by atoms with van der Waals surface area (Å²) < 4.78 is 32.4. The molecule has 0 atom stereocenters. The van der Waals surface area contributed by atoms with E-state index in [1.54, 1.807) is 13.8 Å². The molecule has 8 heteroatoms. The van der Waals surface area contributed by atoms with Gasteiger partial charge in [0.15, 0.2) is 17.4 Å². The number of ether oxygens (including phenoxy) is 1. The number of nitrogens with one attached hydrogen (secondary N) is 2. The van der Waals surface area contributed by atoms with Gasteiger partial charge < -0.3 is 20.5 Å². The zero-order valence-electron chi connectivity index (χ0n) is 12.3. The van der Waals surface area contributed by atoms with Crippen molar-refractivity contribution in [1.29, 1.82) is 0 Å². The van der Waals surface area contributed by atoms with Crippen molar-refractivity contribution >= 4 is 17.7 Å². The van der Waals surface area contributed by atoms with Gasteiger partial charge >= 0.3 is 12.0 Å². The lowest BCUT2D eigenvalue weighted by molar-refractivity contribution is -0.137. The number of anilines is 1. The fourth-order valence-corrected chi connectivity index (χ4v) is 1.60. The second kappa shape index (κ2) is 8.16. The summed E-state index contributed by atoms with van der Waals surface area (Å²) >= 11 is 0. The summed E-state index contributed by atoms with van der Waals surface area (Å²) in [5.41, 5.74) is -0.0677. The fraction of sp³-hybridized carbons (Fsp3) is 0.429. The van der Waals surface area contributed by atoms with E-state index in [4.69, 9.17) is 9.84 Å². The molecule has 0 aliphatic rings. The standard InChI is InChI=1S/C14H18F2N2O4/c1-8(2)22-13-10(15)6-9(7-11(13)16)18-14(21)17-5-3-4-12(19)20/h6-8H,3-5H2,1-2H3,(H,19,20)(H2,17,18,21). The number of halogens is 2. The molecule has 0 heterocycles. The summed E-state index contributed by atoms with van der Waals surface area (Å²) in [6.07, 6.45) is -0.211. The van der Waals surface area contributed by atoms with Crippen LogP contribution in [-0.2, 0) is 4.79 Å². The summed E-state index contributed by atoms with van der Waals surface area (Å²) in [6.45, 7) is 3.41. The van der Waals surface area contributed by atoms with Crippen LogP contribution in [0.2, 0.25) is 0 Å². The first kappa shape index (κ1) is 17.7. The first-order valence-corrected chi connectivity index (χ1v) is 6.72. The van der Waals surface area contributed by atoms with Crippen molar-refractivity contribution in [3.05, 3.63) is 23.8 Å². The van der Waals surface area contributed by atoms with Crippen LogP contribution in [0.4, 0.5) is 19.3 Å². The average molecular weight is 316 g/mol. The number of hydrogen-bond donors (Lipinski definition) is 3. The Morgan fingerprint density at radius 2 is 1.86 bits per heavy atom. The van der Waals surface area contributed by atoms with Gasteiger partial charge in [0.1, 0.15) is 0 Å². The first-order valence-electron chi connectivity index (χ1n) is 6.72. The maximum Gasteiger partial charge on any atom is 0.319 e. The number of benzene rings is 1. The van der Waals surface area contributed by atoms with Crippen LogP contribution in [0.3, 0.4) is 0 Å². The monoisotopic (exact) mass is 316 g/mol. The van der Waals surface area contributed by atoms with Gasteiger partial charge in [-0.25, -0.2) is 13.6 Å². The summed E-state index contributed by atoms with van der Waals surface area (Å²) in [6, 6.07) is 1.21. The van der Waals surface area contributed by atoms with E-state index in [1.807, 2.05) is 0 Å². The van der Waals surface area contributed by atoms with E-state index in [-0.39, 0.29) is 31.2 Å². The highest BCUT2D eigenvalue weighted by atomic mass is 19.1. The Hall–Kier alpha value is -2.38. The highest BCUT2D eigenvalue weighted by Crippen LogP contribution is 2.26. The zero-order valence-corrected chi connectivity index (χ0v) is 12.3. The Balaban J connectivity index is 2.59. The third kappa shape index (κ3) is 5.94. The number of carbonyl (C=O) groups is 2. The Labute approximate surface area is 126 Å². The van der Waals surface area contributed by atoms with Crippen molar-refractivity contribution in [1.82, 2.24) is 5.32 Å². The van der Waals surface area contributed by atoms with Gasteiger partial charge in [0.05, 0.1) is 6.10 Å². The molecule has 0 aliphatic heterocycles. The van der Waals surface area contributed by atoms with E-state index in [9.17, 15) is 18.4 Å². The normalized spacial score (nSPS) is 10.4. The van der Waals surface area contributed by atoms with Gasteiger partial charge in [-0.3, -0.25) is 4.79 Å². The molecule has 0 radical (unpaired) electrons. The predicted octanol–water partition coefficient (Wildman–Crippen LogP) is 2.74. The van der Waals surface area contributed by atoms with Crippen LogP contribution in [0.15, 0.2) is 12.1 Å². The number of urea groups is 1. The Kier molecular flexibility index (Phi) is 6.55. The Morgan fingerprint density at radius 3 is 2.36 bits per heavy atom. The third-order valence-corrected chi connectivity index (χ3v) is 2.46. The molecule has 6 nitrogen and oxygen atoms in total. The summed E-state index contributed by atoms with van der Waals surface area (Å²) in [7, 11) is 0. The molecular weight excluding hydrogens is 298 g/mol. The van der Waals surface area contributed by atoms with Crippen LogP contribution in [-0.4, -0.2) is 29.8 Å². The molecule has 1 aromatic rings. The number of amides is 2. The van der Waals surface area contributed by atoms with E-state index >= 15 is 0 Å². The highest BCUT2D eigenvalue weighted by molar-refractivity contribution is 5.89. The molecule has 3 N–H and O–H groups in total. The second-order valence-electron chi connectivity index (χ2n) is 4.81. The zero-order chi connectivity index (χ0) is 16.7. The molecule has 1 aromatic carbocycles. The fourth-order valence-electron chi connectivity index (χ4n) is 1.60. The Morgan fingerprint density at radius 1 is 1.27 bits per heavy atom. The molecule has 0 bridgehead atoms. The maximum atomic E-state index is 13.7. The van der Waals surface area contributed by atoms with Crippen molar-refractivity contribution in [3.63, 3.8) is 0 Å². The van der Waals surface area contributed by atoms with Crippen molar-refractivity contribution in [3.8, 4) is 5.75 Å². The third-order valence-electron chi connectivity index (χ3n) is 2.46. The van der Waals surface area contributed by atoms with Gasteiger partial charge in [-0.1, -0.05) is 0 Å². The number of aliphatic carboxylic acids is 1. The average Bonchev–Trinajstić information content (AvgIpc) is 2.38. The van der Waals surface area contributed by atoms with Crippen molar-refractivity contribution < 1.29 is 28.2 Å². The van der Waals surface area contributed by atoms with Crippen molar-refractivity contribution in [2.24, 2.45) is 0 Å². The molecule has 22 heavy (non-hydrogen) atoms. The van der Waals surface area contributed by atoms with E-state index < -0.39 is 29.4 Å². The Bertz CT molecular complexity index is 527. The van der Waals surface area contributed by atoms with Crippen LogP contribution in [0, 0.1) is 11.6 Å².